The van der Waals surface area contributed by atoms with Crippen molar-refractivity contribution < 1.29 is 4.79 Å². The summed E-state index contributed by atoms with van der Waals surface area (Å²) in [5.74, 6) is -0.0270. The Kier molecular flexibility index (Phi) is 7.13. The first kappa shape index (κ1) is 17.1. The highest BCUT2D eigenvalue weighted by Gasteiger charge is 2.22. The average molecular weight is 293 g/mol. The van der Waals surface area contributed by atoms with Crippen molar-refractivity contribution in [1.82, 2.24) is 20.2 Å². The highest BCUT2D eigenvalue weighted by atomic mass is 35.5. The molecular weight excluding hydrogens is 275 g/mol. The highest BCUT2D eigenvalue weighted by Crippen LogP contribution is 2.05. The summed E-state index contributed by atoms with van der Waals surface area (Å²) in [7, 11) is 0. The van der Waals surface area contributed by atoms with Gasteiger partial charge < -0.3 is 10.2 Å². The molecule has 1 atom stereocenters. The number of aromatic nitrogens is 2. The lowest BCUT2D eigenvalue weighted by molar-refractivity contribution is 0.0702. The van der Waals surface area contributed by atoms with E-state index in [4.69, 9.17) is 0 Å². The van der Waals surface area contributed by atoms with E-state index in [1.54, 1.807) is 12.4 Å². The van der Waals surface area contributed by atoms with E-state index in [9.17, 15) is 4.79 Å². The average Bonchev–Trinajstić information content (AvgIpc) is 2.29. The van der Waals surface area contributed by atoms with Crippen LogP contribution in [0.5, 0.6) is 0 Å². The van der Waals surface area contributed by atoms with Crippen molar-refractivity contribution in [1.29, 1.82) is 0 Å². The largest absolute Gasteiger partial charge is 0.334 e. The maximum Gasteiger partial charge on any atom is 0.274 e. The molecule has 1 aliphatic heterocycles. The summed E-state index contributed by atoms with van der Waals surface area (Å²) >= 11 is 0. The molecule has 1 amide bonds. The fourth-order valence-corrected chi connectivity index (χ4v) is 1.78. The summed E-state index contributed by atoms with van der Waals surface area (Å²) in [6, 6.07) is 0.344. The van der Waals surface area contributed by atoms with E-state index in [0.29, 0.717) is 11.7 Å². The fourth-order valence-electron chi connectivity index (χ4n) is 1.78. The summed E-state index contributed by atoms with van der Waals surface area (Å²) < 4.78 is 0. The van der Waals surface area contributed by atoms with Gasteiger partial charge in [0.25, 0.3) is 5.91 Å². The van der Waals surface area contributed by atoms with E-state index in [2.05, 4.69) is 22.2 Å². The molecule has 0 aliphatic carbocycles. The van der Waals surface area contributed by atoms with Gasteiger partial charge in [0.05, 0.1) is 11.9 Å². The smallest absolute Gasteiger partial charge is 0.274 e. The van der Waals surface area contributed by atoms with Crippen molar-refractivity contribution in [2.75, 3.05) is 19.6 Å². The van der Waals surface area contributed by atoms with Crippen LogP contribution >= 0.6 is 24.8 Å². The normalized spacial score (nSPS) is 18.6. The van der Waals surface area contributed by atoms with Crippen molar-refractivity contribution in [2.24, 2.45) is 0 Å². The topological polar surface area (TPSA) is 58.1 Å². The van der Waals surface area contributed by atoms with Gasteiger partial charge in [0.2, 0.25) is 0 Å². The third-order valence-corrected chi connectivity index (χ3v) is 2.66. The molecule has 1 aromatic heterocycles. The molecule has 1 N–H and O–H groups in total. The number of hydrogen-bond acceptors (Lipinski definition) is 4. The second kappa shape index (κ2) is 7.51. The lowest BCUT2D eigenvalue weighted by Gasteiger charge is -2.31. The molecule has 1 fully saturated rings. The van der Waals surface area contributed by atoms with Gasteiger partial charge in [-0.05, 0) is 13.8 Å². The van der Waals surface area contributed by atoms with Gasteiger partial charge in [-0.25, -0.2) is 4.98 Å². The van der Waals surface area contributed by atoms with E-state index in [-0.39, 0.29) is 30.7 Å². The number of nitrogens with one attached hydrogen (secondary N) is 1. The van der Waals surface area contributed by atoms with E-state index in [1.165, 1.54) is 0 Å². The van der Waals surface area contributed by atoms with E-state index in [1.807, 2.05) is 11.8 Å². The monoisotopic (exact) mass is 292 g/mol. The minimum absolute atomic E-state index is 0. The van der Waals surface area contributed by atoms with Gasteiger partial charge >= 0.3 is 0 Å². The molecule has 18 heavy (non-hydrogen) atoms. The predicted octanol–water partition coefficient (Wildman–Crippen LogP) is 1.06. The molecule has 1 aliphatic rings. The molecule has 0 bridgehead atoms. The Morgan fingerprint density at radius 2 is 2.11 bits per heavy atom. The molecule has 0 unspecified atom stereocenters. The summed E-state index contributed by atoms with van der Waals surface area (Å²) in [6.45, 7) is 6.23. The summed E-state index contributed by atoms with van der Waals surface area (Å²) in [5.41, 5.74) is 1.25. The molecule has 2 rings (SSSR count). The molecule has 0 spiro atoms. The van der Waals surface area contributed by atoms with Crippen LogP contribution < -0.4 is 5.32 Å². The van der Waals surface area contributed by atoms with Crippen LogP contribution in [-0.2, 0) is 0 Å². The third kappa shape index (κ3) is 4.08. The summed E-state index contributed by atoms with van der Waals surface area (Å²) in [6.07, 6.45) is 3.17. The lowest BCUT2D eigenvalue weighted by atomic mass is 10.2. The van der Waals surface area contributed by atoms with Crippen LogP contribution in [0.4, 0.5) is 0 Å². The Bertz CT molecular complexity index is 385. The van der Waals surface area contributed by atoms with Crippen molar-refractivity contribution in [3.63, 3.8) is 0 Å². The second-order valence-corrected chi connectivity index (χ2v) is 4.15. The lowest BCUT2D eigenvalue weighted by Crippen LogP contribution is -2.51. The maximum absolute atomic E-state index is 12.1. The quantitative estimate of drug-likeness (QED) is 0.841. The molecule has 2 heterocycles. The fraction of sp³-hybridized carbons (Fsp3) is 0.545. The van der Waals surface area contributed by atoms with E-state index < -0.39 is 0 Å². The third-order valence-electron chi connectivity index (χ3n) is 2.66. The van der Waals surface area contributed by atoms with Gasteiger partial charge in [-0.3, -0.25) is 9.78 Å². The van der Waals surface area contributed by atoms with Crippen LogP contribution in [0.25, 0.3) is 0 Å². The van der Waals surface area contributed by atoms with Gasteiger partial charge in [-0.1, -0.05) is 0 Å². The Morgan fingerprint density at radius 1 is 1.39 bits per heavy atom. The minimum Gasteiger partial charge on any atom is -0.334 e. The SMILES string of the molecule is Cc1cnc(C(=O)N2CCN[C@@H](C)C2)cn1.Cl.Cl. The first-order valence-electron chi connectivity index (χ1n) is 5.48. The second-order valence-electron chi connectivity index (χ2n) is 4.15. The van der Waals surface area contributed by atoms with Crippen molar-refractivity contribution in [2.45, 2.75) is 19.9 Å². The Morgan fingerprint density at radius 3 is 2.67 bits per heavy atom. The number of carbonyl (C=O) groups excluding carboxylic acids is 1. The molecule has 0 saturated carbocycles. The van der Waals surface area contributed by atoms with Gasteiger partial charge in [0.1, 0.15) is 5.69 Å². The van der Waals surface area contributed by atoms with Crippen molar-refractivity contribution >= 4 is 30.7 Å². The summed E-state index contributed by atoms with van der Waals surface area (Å²) in [4.78, 5) is 22.1. The number of piperazine rings is 1. The first-order valence-corrected chi connectivity index (χ1v) is 5.48. The molecule has 1 aromatic rings. The van der Waals surface area contributed by atoms with Gasteiger partial charge in [-0.15, -0.1) is 24.8 Å². The van der Waals surface area contributed by atoms with E-state index in [0.717, 1.165) is 25.3 Å². The number of rotatable bonds is 1. The molecule has 1 saturated heterocycles. The van der Waals surface area contributed by atoms with Gasteiger partial charge in [-0.2, -0.15) is 0 Å². The zero-order valence-corrected chi connectivity index (χ0v) is 12.1. The molecule has 0 aromatic carbocycles. The molecule has 5 nitrogen and oxygen atoms in total. The van der Waals surface area contributed by atoms with Crippen molar-refractivity contribution in [3.8, 4) is 0 Å². The van der Waals surface area contributed by atoms with Crippen LogP contribution in [0.3, 0.4) is 0 Å². The van der Waals surface area contributed by atoms with E-state index >= 15 is 0 Å². The number of amides is 1. The number of carbonyl (C=O) groups is 1. The maximum atomic E-state index is 12.1. The van der Waals surface area contributed by atoms with Crippen LogP contribution in [0.1, 0.15) is 23.1 Å². The van der Waals surface area contributed by atoms with Gasteiger partial charge in [0, 0.05) is 31.9 Å². The van der Waals surface area contributed by atoms with Crippen LogP contribution in [-0.4, -0.2) is 46.5 Å². The Hall–Kier alpha value is -0.910. The zero-order valence-electron chi connectivity index (χ0n) is 10.4. The standard InChI is InChI=1S/C11H16N4O.2ClH/c1-8-5-14-10(6-13-8)11(16)15-4-3-12-9(2)7-15;;/h5-6,9,12H,3-4,7H2,1-2H3;2*1H/t9-;;/m0../s1. The van der Waals surface area contributed by atoms with Crippen LogP contribution in [0.2, 0.25) is 0 Å². The number of nitrogens with zero attached hydrogens (tertiary/aromatic N) is 3. The molecule has 0 radical (unpaired) electrons. The molecule has 102 valence electrons. The first-order chi connectivity index (χ1) is 7.66. The molecular formula is C11H18Cl2N4O. The summed E-state index contributed by atoms with van der Waals surface area (Å²) in [5, 5.41) is 3.30. The highest BCUT2D eigenvalue weighted by molar-refractivity contribution is 5.92. The molecule has 7 heteroatoms. The zero-order chi connectivity index (χ0) is 11.5. The number of halogens is 2. The number of aryl methyl sites for hydroxylation is 1. The van der Waals surface area contributed by atoms with Crippen molar-refractivity contribution in [3.05, 3.63) is 23.8 Å². The van der Waals surface area contributed by atoms with Gasteiger partial charge in [0.15, 0.2) is 0 Å². The Balaban J connectivity index is 0.00000144. The minimum atomic E-state index is -0.0270. The van der Waals surface area contributed by atoms with Crippen LogP contribution in [0, 0.1) is 6.92 Å². The Labute approximate surface area is 119 Å². The van der Waals surface area contributed by atoms with Crippen LogP contribution in [0.15, 0.2) is 12.4 Å². The predicted molar refractivity (Wildman–Crippen MR) is 74.6 cm³/mol. The number of hydrogen-bond donors (Lipinski definition) is 1.